The van der Waals surface area contributed by atoms with Crippen LogP contribution in [0.2, 0.25) is 0 Å². The molecule has 0 bridgehead atoms. The number of nitrogens with zero attached hydrogens (tertiary/aromatic N) is 1. The molecule has 2 heteroatoms. The summed E-state index contributed by atoms with van der Waals surface area (Å²) in [4.78, 5) is 2.60. The summed E-state index contributed by atoms with van der Waals surface area (Å²) in [6, 6.07) is 1.41. The van der Waals surface area contributed by atoms with Crippen molar-refractivity contribution < 1.29 is 0 Å². The fraction of sp³-hybridized carbons (Fsp3) is 1.00. The number of hydrogen-bond acceptors (Lipinski definition) is 2. The smallest absolute Gasteiger partial charge is 0.0193 e. The summed E-state index contributed by atoms with van der Waals surface area (Å²) in [5.41, 5.74) is 0. The van der Waals surface area contributed by atoms with E-state index in [0.717, 1.165) is 12.6 Å². The lowest BCUT2D eigenvalue weighted by molar-refractivity contribution is 0.145. The molecule has 2 unspecified atom stereocenters. The van der Waals surface area contributed by atoms with Crippen LogP contribution in [0.3, 0.4) is 0 Å². The summed E-state index contributed by atoms with van der Waals surface area (Å²) in [5.74, 6) is 0. The predicted molar refractivity (Wildman–Crippen MR) is 53.4 cm³/mol. The van der Waals surface area contributed by atoms with Gasteiger partial charge in [-0.2, -0.15) is 0 Å². The van der Waals surface area contributed by atoms with E-state index in [-0.39, 0.29) is 0 Å². The van der Waals surface area contributed by atoms with E-state index in [2.05, 4.69) is 31.0 Å². The maximum atomic E-state index is 3.50. The zero-order chi connectivity index (χ0) is 8.97. The van der Waals surface area contributed by atoms with Gasteiger partial charge in [-0.15, -0.1) is 0 Å². The summed E-state index contributed by atoms with van der Waals surface area (Å²) in [5, 5.41) is 3.50. The van der Waals surface area contributed by atoms with E-state index in [4.69, 9.17) is 0 Å². The van der Waals surface area contributed by atoms with Crippen LogP contribution in [-0.2, 0) is 0 Å². The Morgan fingerprint density at radius 3 is 2.83 bits per heavy atom. The van der Waals surface area contributed by atoms with E-state index in [1.807, 2.05) is 0 Å². The van der Waals surface area contributed by atoms with Crippen LogP contribution in [0, 0.1) is 0 Å². The van der Waals surface area contributed by atoms with E-state index in [1.165, 1.54) is 25.9 Å². The lowest BCUT2D eigenvalue weighted by Crippen LogP contribution is -2.54. The zero-order valence-corrected chi connectivity index (χ0v) is 8.64. The Morgan fingerprint density at radius 2 is 2.17 bits per heavy atom. The number of unbranched alkanes of at least 4 members (excludes halogenated alkanes) is 1. The standard InChI is InChI=1S/C10H22N2/c1-4-5-6-12-8-9(2)11-7-10(12)3/h9-11H,4-8H2,1-3H3. The second kappa shape index (κ2) is 4.83. The Hall–Kier alpha value is -0.0800. The van der Waals surface area contributed by atoms with Crippen LogP contribution < -0.4 is 5.32 Å². The molecule has 0 amide bonds. The van der Waals surface area contributed by atoms with Crippen molar-refractivity contribution in [2.45, 2.75) is 45.7 Å². The van der Waals surface area contributed by atoms with Gasteiger partial charge in [-0.3, -0.25) is 4.90 Å². The molecule has 0 saturated carbocycles. The van der Waals surface area contributed by atoms with Gasteiger partial charge in [0, 0.05) is 25.2 Å². The second-order valence-corrected chi connectivity index (χ2v) is 4.01. The van der Waals surface area contributed by atoms with Gasteiger partial charge in [0.25, 0.3) is 0 Å². The molecule has 1 aliphatic heterocycles. The lowest BCUT2D eigenvalue weighted by Gasteiger charge is -2.37. The number of hydrogen-bond donors (Lipinski definition) is 1. The normalized spacial score (nSPS) is 32.2. The van der Waals surface area contributed by atoms with Crippen molar-refractivity contribution in [2.75, 3.05) is 19.6 Å². The van der Waals surface area contributed by atoms with Gasteiger partial charge in [0.05, 0.1) is 0 Å². The maximum Gasteiger partial charge on any atom is 0.0193 e. The van der Waals surface area contributed by atoms with Crippen molar-refractivity contribution >= 4 is 0 Å². The topological polar surface area (TPSA) is 15.3 Å². The van der Waals surface area contributed by atoms with Crippen molar-refractivity contribution in [2.24, 2.45) is 0 Å². The van der Waals surface area contributed by atoms with Gasteiger partial charge in [0.1, 0.15) is 0 Å². The van der Waals surface area contributed by atoms with Crippen molar-refractivity contribution in [3.05, 3.63) is 0 Å². The first-order chi connectivity index (χ1) is 5.74. The number of rotatable bonds is 3. The van der Waals surface area contributed by atoms with Gasteiger partial charge in [-0.25, -0.2) is 0 Å². The molecule has 0 radical (unpaired) electrons. The first-order valence-electron chi connectivity index (χ1n) is 5.21. The van der Waals surface area contributed by atoms with Crippen LogP contribution in [0.15, 0.2) is 0 Å². The van der Waals surface area contributed by atoms with E-state index in [1.54, 1.807) is 0 Å². The van der Waals surface area contributed by atoms with Crippen LogP contribution in [0.1, 0.15) is 33.6 Å². The Morgan fingerprint density at radius 1 is 1.42 bits per heavy atom. The molecule has 0 aromatic heterocycles. The van der Waals surface area contributed by atoms with Crippen molar-refractivity contribution in [1.29, 1.82) is 0 Å². The highest BCUT2D eigenvalue weighted by Crippen LogP contribution is 2.07. The van der Waals surface area contributed by atoms with Crippen molar-refractivity contribution in [1.82, 2.24) is 10.2 Å². The van der Waals surface area contributed by atoms with Crippen molar-refractivity contribution in [3.63, 3.8) is 0 Å². The molecule has 0 spiro atoms. The molecule has 0 aliphatic carbocycles. The minimum absolute atomic E-state index is 0.679. The van der Waals surface area contributed by atoms with Crippen LogP contribution in [0.25, 0.3) is 0 Å². The lowest BCUT2D eigenvalue weighted by atomic mass is 10.1. The van der Waals surface area contributed by atoms with Gasteiger partial charge >= 0.3 is 0 Å². The molecule has 1 saturated heterocycles. The summed E-state index contributed by atoms with van der Waals surface area (Å²) < 4.78 is 0. The molecular weight excluding hydrogens is 148 g/mol. The molecule has 72 valence electrons. The third-order valence-electron chi connectivity index (χ3n) is 2.69. The Labute approximate surface area is 76.3 Å². The predicted octanol–water partition coefficient (Wildman–Crippen LogP) is 1.47. The molecule has 1 aliphatic rings. The average molecular weight is 170 g/mol. The maximum absolute atomic E-state index is 3.50. The average Bonchev–Trinajstić information content (AvgIpc) is 2.07. The van der Waals surface area contributed by atoms with Gasteiger partial charge in [0.15, 0.2) is 0 Å². The van der Waals surface area contributed by atoms with Gasteiger partial charge < -0.3 is 5.32 Å². The summed E-state index contributed by atoms with van der Waals surface area (Å²) in [6.45, 7) is 10.5. The fourth-order valence-electron chi connectivity index (χ4n) is 1.77. The van der Waals surface area contributed by atoms with E-state index < -0.39 is 0 Å². The minimum atomic E-state index is 0.679. The SMILES string of the molecule is CCCCN1CC(C)NCC1C. The van der Waals surface area contributed by atoms with E-state index >= 15 is 0 Å². The summed E-state index contributed by atoms with van der Waals surface area (Å²) >= 11 is 0. The molecule has 2 atom stereocenters. The molecule has 1 heterocycles. The molecule has 0 aromatic rings. The number of piperazine rings is 1. The molecular formula is C10H22N2. The van der Waals surface area contributed by atoms with E-state index in [0.29, 0.717) is 6.04 Å². The fourth-order valence-corrected chi connectivity index (χ4v) is 1.77. The largest absolute Gasteiger partial charge is 0.311 e. The monoisotopic (exact) mass is 170 g/mol. The van der Waals surface area contributed by atoms with E-state index in [9.17, 15) is 0 Å². The first-order valence-corrected chi connectivity index (χ1v) is 5.21. The third kappa shape index (κ3) is 2.76. The highest BCUT2D eigenvalue weighted by molar-refractivity contribution is 4.80. The van der Waals surface area contributed by atoms with Gasteiger partial charge in [-0.05, 0) is 26.8 Å². The van der Waals surface area contributed by atoms with Gasteiger partial charge in [-0.1, -0.05) is 13.3 Å². The van der Waals surface area contributed by atoms with Crippen LogP contribution >= 0.6 is 0 Å². The van der Waals surface area contributed by atoms with Crippen LogP contribution in [0.5, 0.6) is 0 Å². The molecule has 1 fully saturated rings. The molecule has 0 aromatic carbocycles. The van der Waals surface area contributed by atoms with Gasteiger partial charge in [0.2, 0.25) is 0 Å². The number of nitrogens with one attached hydrogen (secondary N) is 1. The molecule has 1 rings (SSSR count). The molecule has 12 heavy (non-hydrogen) atoms. The van der Waals surface area contributed by atoms with Crippen LogP contribution in [-0.4, -0.2) is 36.6 Å². The Kier molecular flexibility index (Phi) is 4.02. The summed E-state index contributed by atoms with van der Waals surface area (Å²) in [7, 11) is 0. The second-order valence-electron chi connectivity index (χ2n) is 4.01. The highest BCUT2D eigenvalue weighted by Gasteiger charge is 2.20. The van der Waals surface area contributed by atoms with Crippen molar-refractivity contribution in [3.8, 4) is 0 Å². The summed E-state index contributed by atoms with van der Waals surface area (Å²) in [6.07, 6.45) is 2.65. The Bertz CT molecular complexity index is 125. The third-order valence-corrected chi connectivity index (χ3v) is 2.69. The Balaban J connectivity index is 2.28. The highest BCUT2D eigenvalue weighted by atomic mass is 15.2. The zero-order valence-electron chi connectivity index (χ0n) is 8.64. The molecule has 2 nitrogen and oxygen atoms in total. The van der Waals surface area contributed by atoms with Crippen LogP contribution in [0.4, 0.5) is 0 Å². The minimum Gasteiger partial charge on any atom is -0.311 e. The first kappa shape index (κ1) is 10.0. The quantitative estimate of drug-likeness (QED) is 0.690. The molecule has 1 N–H and O–H groups in total.